The predicted octanol–water partition coefficient (Wildman–Crippen LogP) is 7.00. The number of pyridine rings is 1. The second kappa shape index (κ2) is 12.1. The van der Waals surface area contributed by atoms with Gasteiger partial charge in [-0.1, -0.05) is 23.7 Å². The fourth-order valence-electron chi connectivity index (χ4n) is 5.36. The normalized spacial score (nSPS) is 13.1. The molecule has 8 nitrogen and oxygen atoms in total. The Hall–Kier alpha value is -3.79. The highest BCUT2D eigenvalue weighted by molar-refractivity contribution is 7.22. The zero-order valence-corrected chi connectivity index (χ0v) is 26.8. The monoisotopic (exact) mass is 617 g/mol. The van der Waals surface area contributed by atoms with Crippen LogP contribution in [-0.4, -0.2) is 48.1 Å². The molecule has 6 rings (SSSR count). The van der Waals surface area contributed by atoms with E-state index in [1.54, 1.807) is 32.1 Å². The summed E-state index contributed by atoms with van der Waals surface area (Å²) in [4.78, 5) is 23.7. The van der Waals surface area contributed by atoms with E-state index in [-0.39, 0.29) is 6.42 Å². The Morgan fingerprint density at radius 1 is 1.09 bits per heavy atom. The topological polar surface area (TPSA) is 104 Å². The van der Waals surface area contributed by atoms with Gasteiger partial charge in [-0.15, -0.1) is 11.3 Å². The molecule has 3 aromatic heterocycles. The summed E-state index contributed by atoms with van der Waals surface area (Å²) < 4.78 is 2.96. The molecule has 224 valence electrons. The first-order chi connectivity index (χ1) is 20.3. The van der Waals surface area contributed by atoms with Gasteiger partial charge in [-0.25, -0.2) is 9.97 Å². The number of aryl methyl sites for hydroxylation is 3. The van der Waals surface area contributed by atoms with E-state index in [4.69, 9.17) is 21.7 Å². The molecule has 0 fully saturated rings. The van der Waals surface area contributed by atoms with Crippen LogP contribution < -0.4 is 4.90 Å². The number of carboxylic acid groups (broad SMARTS) is 1. The summed E-state index contributed by atoms with van der Waals surface area (Å²) in [5, 5.41) is 24.3. The van der Waals surface area contributed by atoms with Crippen LogP contribution in [0, 0.1) is 13.8 Å². The summed E-state index contributed by atoms with van der Waals surface area (Å²) >= 11 is 7.73. The van der Waals surface area contributed by atoms with E-state index in [0.29, 0.717) is 5.02 Å². The van der Waals surface area contributed by atoms with E-state index in [1.807, 2.05) is 61.2 Å². The van der Waals surface area contributed by atoms with E-state index in [1.165, 1.54) is 11.3 Å². The predicted molar refractivity (Wildman–Crippen MR) is 174 cm³/mol. The number of anilines is 1. The van der Waals surface area contributed by atoms with Crippen LogP contribution in [0.25, 0.3) is 31.9 Å². The maximum atomic E-state index is 11.8. The second-order valence-corrected chi connectivity index (χ2v) is 13.3. The van der Waals surface area contributed by atoms with Gasteiger partial charge in [0.2, 0.25) is 0 Å². The molecule has 0 spiro atoms. The molecule has 0 amide bonds. The van der Waals surface area contributed by atoms with Gasteiger partial charge >= 0.3 is 5.97 Å². The van der Waals surface area contributed by atoms with Crippen molar-refractivity contribution in [3.05, 3.63) is 81.8 Å². The molecule has 0 atom stereocenters. The van der Waals surface area contributed by atoms with Gasteiger partial charge in [0.15, 0.2) is 0 Å². The molecule has 2 N–H and O–H groups in total. The van der Waals surface area contributed by atoms with Crippen molar-refractivity contribution < 1.29 is 15.0 Å². The molecule has 0 saturated carbocycles. The average Bonchev–Trinajstić information content (AvgIpc) is 3.48. The van der Waals surface area contributed by atoms with Crippen molar-refractivity contribution in [3.63, 3.8) is 0 Å². The number of nitrogens with zero attached hydrogens (tertiary/aromatic N) is 5. The lowest BCUT2D eigenvalue weighted by Gasteiger charge is -2.28. The quantitative estimate of drug-likeness (QED) is 0.219. The van der Waals surface area contributed by atoms with E-state index < -0.39 is 11.6 Å². The number of benzene rings is 2. The Bertz CT molecular complexity index is 1800. The number of carboxylic acids is 1. The first-order valence-corrected chi connectivity index (χ1v) is 15.3. The molecule has 1 aliphatic heterocycles. The Kier molecular flexibility index (Phi) is 8.61. The van der Waals surface area contributed by atoms with Crippen molar-refractivity contribution in [2.24, 2.45) is 7.05 Å². The summed E-state index contributed by atoms with van der Waals surface area (Å²) in [6.07, 6.45) is 2.70. The molecular formula is C33H36ClN5O3S. The van der Waals surface area contributed by atoms with Gasteiger partial charge in [-0.05, 0) is 81.6 Å². The summed E-state index contributed by atoms with van der Waals surface area (Å²) in [7, 11) is 2.01. The standard InChI is InChI=1S/C29H26ClN5O2S.C4H10O/c1-16-12-23-28(27(21(16)14-26(36)37)18-4-6-20(30)7-5-18)38-29(32-23)19-8-10-31-25(13-19)35-11-9-24-22(15-35)17(2)33-34(24)3;1-4(2,3)5/h4-8,10,12-13H,9,11,14-15H2,1-3H3,(H,36,37);5H,1-3H3. The summed E-state index contributed by atoms with van der Waals surface area (Å²) in [5.41, 5.74) is 8.54. The molecular weight excluding hydrogens is 582 g/mol. The molecule has 0 aliphatic carbocycles. The number of aromatic nitrogens is 4. The van der Waals surface area contributed by atoms with E-state index >= 15 is 0 Å². The molecule has 1 aliphatic rings. The number of rotatable bonds is 5. The lowest BCUT2D eigenvalue weighted by atomic mass is 9.93. The third kappa shape index (κ3) is 6.90. The van der Waals surface area contributed by atoms with Crippen LogP contribution in [0.2, 0.25) is 5.02 Å². The van der Waals surface area contributed by atoms with Gasteiger partial charge in [-0.2, -0.15) is 5.10 Å². The number of carbonyl (C=O) groups is 1. The molecule has 0 unspecified atom stereocenters. The highest BCUT2D eigenvalue weighted by atomic mass is 35.5. The third-order valence-corrected chi connectivity index (χ3v) is 8.62. The van der Waals surface area contributed by atoms with Crippen molar-refractivity contribution in [1.29, 1.82) is 0 Å². The smallest absolute Gasteiger partial charge is 0.307 e. The number of hydrogen-bond donors (Lipinski definition) is 2. The van der Waals surface area contributed by atoms with Gasteiger partial charge in [0.25, 0.3) is 0 Å². The van der Waals surface area contributed by atoms with Crippen molar-refractivity contribution in [3.8, 4) is 21.7 Å². The lowest BCUT2D eigenvalue weighted by Crippen LogP contribution is -2.31. The summed E-state index contributed by atoms with van der Waals surface area (Å²) in [5.74, 6) is 0.0519. The number of aliphatic hydroxyl groups is 1. The molecule has 5 aromatic rings. The number of fused-ring (bicyclic) bond motifs is 2. The largest absolute Gasteiger partial charge is 0.481 e. The fraction of sp³-hybridized carbons (Fsp3) is 0.333. The van der Waals surface area contributed by atoms with Gasteiger partial charge in [0, 0.05) is 60.2 Å². The zero-order valence-electron chi connectivity index (χ0n) is 25.3. The minimum atomic E-state index is -0.861. The van der Waals surface area contributed by atoms with E-state index in [9.17, 15) is 9.90 Å². The average molecular weight is 618 g/mol. The molecule has 2 aromatic carbocycles. The molecule has 10 heteroatoms. The van der Waals surface area contributed by atoms with Crippen molar-refractivity contribution >= 4 is 44.9 Å². The van der Waals surface area contributed by atoms with Gasteiger partial charge in [-0.3, -0.25) is 9.48 Å². The summed E-state index contributed by atoms with van der Waals surface area (Å²) in [6, 6.07) is 13.6. The number of thiazole rings is 1. The van der Waals surface area contributed by atoms with Gasteiger partial charge in [0.05, 0.1) is 27.9 Å². The third-order valence-electron chi connectivity index (χ3n) is 7.23. The summed E-state index contributed by atoms with van der Waals surface area (Å²) in [6.45, 7) is 10.9. The fourth-order valence-corrected chi connectivity index (χ4v) is 6.62. The zero-order chi connectivity index (χ0) is 31.1. The van der Waals surface area contributed by atoms with Crippen molar-refractivity contribution in [1.82, 2.24) is 19.7 Å². The molecule has 0 radical (unpaired) electrons. The highest BCUT2D eigenvalue weighted by Gasteiger charge is 2.24. The molecule has 0 saturated heterocycles. The minimum absolute atomic E-state index is 0.0585. The van der Waals surface area contributed by atoms with Crippen LogP contribution in [0.1, 0.15) is 48.8 Å². The van der Waals surface area contributed by atoms with Crippen LogP contribution in [0.5, 0.6) is 0 Å². The van der Waals surface area contributed by atoms with Crippen LogP contribution in [0.15, 0.2) is 48.7 Å². The van der Waals surface area contributed by atoms with Crippen LogP contribution in [0.3, 0.4) is 0 Å². The van der Waals surface area contributed by atoms with Crippen LogP contribution in [0.4, 0.5) is 5.82 Å². The minimum Gasteiger partial charge on any atom is -0.481 e. The van der Waals surface area contributed by atoms with Gasteiger partial charge < -0.3 is 15.1 Å². The first kappa shape index (κ1) is 30.7. The number of hydrogen-bond acceptors (Lipinski definition) is 7. The highest BCUT2D eigenvalue weighted by Crippen LogP contribution is 2.41. The first-order valence-electron chi connectivity index (χ1n) is 14.1. The number of halogens is 1. The second-order valence-electron chi connectivity index (χ2n) is 11.9. The number of aliphatic carboxylic acids is 1. The van der Waals surface area contributed by atoms with E-state index in [2.05, 4.69) is 28.0 Å². The Labute approximate surface area is 260 Å². The molecule has 43 heavy (non-hydrogen) atoms. The Morgan fingerprint density at radius 3 is 2.47 bits per heavy atom. The molecule has 0 bridgehead atoms. The lowest BCUT2D eigenvalue weighted by molar-refractivity contribution is -0.136. The van der Waals surface area contributed by atoms with Crippen LogP contribution >= 0.6 is 22.9 Å². The van der Waals surface area contributed by atoms with Crippen molar-refractivity contribution in [2.45, 2.75) is 59.6 Å². The SMILES string of the molecule is CC(C)(C)O.Cc1cc2nc(-c3ccnc(N4CCc5c(c(C)nn5C)C4)c3)sc2c(-c2ccc(Cl)cc2)c1CC(=O)O. The maximum Gasteiger partial charge on any atom is 0.307 e. The van der Waals surface area contributed by atoms with Crippen LogP contribution in [-0.2, 0) is 31.2 Å². The van der Waals surface area contributed by atoms with Gasteiger partial charge in [0.1, 0.15) is 10.8 Å². The van der Waals surface area contributed by atoms with Crippen molar-refractivity contribution in [2.75, 3.05) is 11.4 Å². The van der Waals surface area contributed by atoms with E-state index in [0.717, 1.165) is 74.1 Å². The maximum absolute atomic E-state index is 11.8. The Morgan fingerprint density at radius 2 is 1.79 bits per heavy atom. The molecule has 4 heterocycles. The Balaban J connectivity index is 0.000000682.